The summed E-state index contributed by atoms with van der Waals surface area (Å²) < 4.78 is 38.2. The van der Waals surface area contributed by atoms with E-state index in [1.54, 1.807) is 78.5 Å². The molecular weight excluding hydrogens is 578 g/mol. The van der Waals surface area contributed by atoms with Gasteiger partial charge in [-0.3, -0.25) is 19.1 Å². The van der Waals surface area contributed by atoms with Gasteiger partial charge in [0.2, 0.25) is 0 Å². The molecule has 2 N–H and O–H groups in total. The molecule has 2 aromatic carbocycles. The van der Waals surface area contributed by atoms with Crippen molar-refractivity contribution in [3.63, 3.8) is 0 Å². The van der Waals surface area contributed by atoms with Crippen LogP contribution < -0.4 is 10.6 Å². The van der Waals surface area contributed by atoms with E-state index in [1.165, 1.54) is 12.1 Å². The number of aromatic nitrogens is 6. The molecule has 0 fully saturated rings. The van der Waals surface area contributed by atoms with Gasteiger partial charge >= 0.3 is 15.2 Å². The van der Waals surface area contributed by atoms with Crippen LogP contribution in [-0.4, -0.2) is 52.5 Å². The predicted molar refractivity (Wildman–Crippen MR) is 160 cm³/mol. The number of fused-ring (bicyclic) bond motifs is 2. The van der Waals surface area contributed by atoms with Crippen LogP contribution in [0.15, 0.2) is 97.8 Å². The fourth-order valence-electron chi connectivity index (χ4n) is 4.15. The minimum Gasteiger partial charge on any atom is -0.321 e. The van der Waals surface area contributed by atoms with E-state index in [2.05, 4.69) is 20.2 Å². The standard InChI is InChI=1S/C16H18N3O3P.C12H10N3O3P/c1-3-21-23(20,22-4-2)15-7-8-16-13(10-15)12-19(18-16)14-6-5-9-17-11-14;16-19(17,18)11-3-4-12-9(6-11)8-15(14-12)10-2-1-5-13-7-10/h5-12H,3-4H2,1-2H3;1-8H,(H2,16,17,18). The minimum absolute atomic E-state index is 0.00858. The van der Waals surface area contributed by atoms with E-state index in [9.17, 15) is 9.13 Å². The van der Waals surface area contributed by atoms with Crippen molar-refractivity contribution in [1.29, 1.82) is 0 Å². The molecule has 12 nitrogen and oxygen atoms in total. The van der Waals surface area contributed by atoms with Gasteiger partial charge in [0.25, 0.3) is 0 Å². The highest BCUT2D eigenvalue weighted by molar-refractivity contribution is 7.62. The molecule has 0 aliphatic rings. The van der Waals surface area contributed by atoms with Gasteiger partial charge < -0.3 is 18.8 Å². The maximum Gasteiger partial charge on any atom is 0.361 e. The zero-order valence-electron chi connectivity index (χ0n) is 22.8. The molecule has 0 amide bonds. The molecule has 4 heterocycles. The third kappa shape index (κ3) is 6.55. The lowest BCUT2D eigenvalue weighted by atomic mass is 10.3. The third-order valence-corrected chi connectivity index (χ3v) is 9.11. The summed E-state index contributed by atoms with van der Waals surface area (Å²) in [5.74, 6) is 0. The third-order valence-electron chi connectivity index (χ3n) is 6.05. The molecule has 0 saturated heterocycles. The number of nitrogens with zero attached hydrogens (tertiary/aromatic N) is 6. The van der Waals surface area contributed by atoms with E-state index in [0.717, 1.165) is 22.3 Å². The van der Waals surface area contributed by atoms with Crippen LogP contribution in [0.25, 0.3) is 33.2 Å². The summed E-state index contributed by atoms with van der Waals surface area (Å²) in [6.07, 6.45) is 10.4. The molecule has 0 atom stereocenters. The number of hydrogen-bond donors (Lipinski definition) is 2. The van der Waals surface area contributed by atoms with Gasteiger partial charge in [0.1, 0.15) is 0 Å². The van der Waals surface area contributed by atoms with Crippen molar-refractivity contribution < 1.29 is 28.0 Å². The zero-order chi connectivity index (χ0) is 29.7. The van der Waals surface area contributed by atoms with E-state index < -0.39 is 15.2 Å². The second-order valence-corrected chi connectivity index (χ2v) is 12.6. The summed E-state index contributed by atoms with van der Waals surface area (Å²) in [5, 5.41) is 10.9. The van der Waals surface area contributed by atoms with Crippen LogP contribution in [-0.2, 0) is 18.2 Å². The number of pyridine rings is 2. The molecule has 0 unspecified atom stereocenters. The molecule has 4 aromatic heterocycles. The van der Waals surface area contributed by atoms with Crippen LogP contribution in [0.1, 0.15) is 13.8 Å². The largest absolute Gasteiger partial charge is 0.361 e. The number of rotatable bonds is 8. The summed E-state index contributed by atoms with van der Waals surface area (Å²) in [7, 11) is -7.52. The Bertz CT molecular complexity index is 1900. The molecule has 6 rings (SSSR count). The fourth-order valence-corrected chi connectivity index (χ4v) is 6.33. The van der Waals surface area contributed by atoms with Gasteiger partial charge in [0.05, 0.1) is 58.6 Å². The van der Waals surface area contributed by atoms with Gasteiger partial charge in [0.15, 0.2) is 0 Å². The Hall–Kier alpha value is -4.02. The van der Waals surface area contributed by atoms with Crippen LogP contribution in [0, 0.1) is 0 Å². The lowest BCUT2D eigenvalue weighted by Crippen LogP contribution is -2.10. The molecule has 42 heavy (non-hydrogen) atoms. The Labute approximate surface area is 241 Å². The maximum atomic E-state index is 12.9. The van der Waals surface area contributed by atoms with Gasteiger partial charge in [-0.1, -0.05) is 0 Å². The molecule has 0 aliphatic carbocycles. The Balaban J connectivity index is 0.000000171. The van der Waals surface area contributed by atoms with Crippen LogP contribution in [0.5, 0.6) is 0 Å². The van der Waals surface area contributed by atoms with E-state index in [0.29, 0.717) is 29.4 Å². The molecule has 216 valence electrons. The Kier molecular flexibility index (Phi) is 8.74. The minimum atomic E-state index is -4.23. The Morgan fingerprint density at radius 1 is 0.714 bits per heavy atom. The average molecular weight is 607 g/mol. The first-order valence-electron chi connectivity index (χ1n) is 13.0. The summed E-state index contributed by atoms with van der Waals surface area (Å²) in [5.41, 5.74) is 3.12. The number of benzene rings is 2. The quantitative estimate of drug-likeness (QED) is 0.236. The summed E-state index contributed by atoms with van der Waals surface area (Å²) >= 11 is 0. The van der Waals surface area contributed by atoms with Crippen molar-refractivity contribution in [1.82, 2.24) is 29.5 Å². The molecule has 0 bridgehead atoms. The molecule has 6 aromatic rings. The van der Waals surface area contributed by atoms with Crippen molar-refractivity contribution >= 4 is 47.6 Å². The lowest BCUT2D eigenvalue weighted by molar-refractivity contribution is 0.230. The van der Waals surface area contributed by atoms with Crippen LogP contribution in [0.3, 0.4) is 0 Å². The normalized spacial score (nSPS) is 11.9. The van der Waals surface area contributed by atoms with Crippen molar-refractivity contribution in [3.8, 4) is 11.4 Å². The van der Waals surface area contributed by atoms with Crippen LogP contribution in [0.4, 0.5) is 0 Å². The molecule has 14 heteroatoms. The number of hydrogen-bond acceptors (Lipinski definition) is 8. The highest BCUT2D eigenvalue weighted by Gasteiger charge is 2.27. The Morgan fingerprint density at radius 3 is 1.62 bits per heavy atom. The zero-order valence-corrected chi connectivity index (χ0v) is 24.5. The van der Waals surface area contributed by atoms with E-state index in [-0.39, 0.29) is 5.30 Å². The van der Waals surface area contributed by atoms with E-state index >= 15 is 0 Å². The van der Waals surface area contributed by atoms with Crippen molar-refractivity contribution in [2.75, 3.05) is 13.2 Å². The predicted octanol–water partition coefficient (Wildman–Crippen LogP) is 4.54. The second-order valence-electron chi connectivity index (χ2n) is 8.93. The van der Waals surface area contributed by atoms with Gasteiger partial charge in [-0.25, -0.2) is 9.36 Å². The fraction of sp³-hybridized carbons (Fsp3) is 0.143. The summed E-state index contributed by atoms with van der Waals surface area (Å²) in [4.78, 5) is 26.4. The molecular formula is C28H28N6O6P2. The van der Waals surface area contributed by atoms with E-state index in [1.807, 2.05) is 30.5 Å². The first-order valence-corrected chi connectivity index (χ1v) is 16.1. The topological polar surface area (TPSA) is 154 Å². The van der Waals surface area contributed by atoms with Gasteiger partial charge in [-0.2, -0.15) is 10.2 Å². The summed E-state index contributed by atoms with van der Waals surface area (Å²) in [6, 6.07) is 17.2. The van der Waals surface area contributed by atoms with Crippen molar-refractivity contribution in [3.05, 3.63) is 97.8 Å². The van der Waals surface area contributed by atoms with Gasteiger partial charge in [0, 0.05) is 35.6 Å². The Morgan fingerprint density at radius 2 is 1.19 bits per heavy atom. The average Bonchev–Trinajstić information content (AvgIpc) is 3.62. The molecule has 0 saturated carbocycles. The van der Waals surface area contributed by atoms with Gasteiger partial charge in [-0.05, 0) is 74.5 Å². The smallest absolute Gasteiger partial charge is 0.321 e. The van der Waals surface area contributed by atoms with Gasteiger partial charge in [-0.15, -0.1) is 0 Å². The molecule has 0 spiro atoms. The SMILES string of the molecule is CCOP(=O)(OCC)c1ccc2nn(-c3cccnc3)cc2c1.O=P(O)(O)c1ccc2nn(-c3cccnc3)cc2c1. The van der Waals surface area contributed by atoms with E-state index in [4.69, 9.17) is 18.8 Å². The first kappa shape index (κ1) is 29.5. The van der Waals surface area contributed by atoms with Crippen molar-refractivity contribution in [2.24, 2.45) is 0 Å². The monoisotopic (exact) mass is 606 g/mol. The van der Waals surface area contributed by atoms with Crippen LogP contribution >= 0.6 is 15.2 Å². The van der Waals surface area contributed by atoms with Crippen LogP contribution in [0.2, 0.25) is 0 Å². The lowest BCUT2D eigenvalue weighted by Gasteiger charge is -2.16. The highest BCUT2D eigenvalue weighted by atomic mass is 31.2. The highest BCUT2D eigenvalue weighted by Crippen LogP contribution is 2.47. The first-order chi connectivity index (χ1) is 20.2. The molecule has 0 aliphatic heterocycles. The summed E-state index contributed by atoms with van der Waals surface area (Å²) in [6.45, 7) is 4.24. The second kappa shape index (κ2) is 12.5. The van der Waals surface area contributed by atoms with Crippen molar-refractivity contribution in [2.45, 2.75) is 13.8 Å². The maximum absolute atomic E-state index is 12.9. The molecule has 0 radical (unpaired) electrons.